The summed E-state index contributed by atoms with van der Waals surface area (Å²) in [6.07, 6.45) is 0. The maximum absolute atomic E-state index is 14.0. The summed E-state index contributed by atoms with van der Waals surface area (Å²) in [7, 11) is 1.70. The molecular formula is C15H15ClF2N2. The minimum absolute atomic E-state index is 0.0267. The normalized spacial score (nSPS) is 10.7. The first-order valence-electron chi connectivity index (χ1n) is 6.15. The van der Waals surface area contributed by atoms with Gasteiger partial charge >= 0.3 is 0 Å². The Kier molecular flexibility index (Phi) is 4.57. The average Bonchev–Trinajstić information content (AvgIpc) is 2.41. The second-order valence-electron chi connectivity index (χ2n) is 4.56. The van der Waals surface area contributed by atoms with E-state index in [1.54, 1.807) is 24.1 Å². The van der Waals surface area contributed by atoms with Crippen LogP contribution in [0.25, 0.3) is 0 Å². The summed E-state index contributed by atoms with van der Waals surface area (Å²) >= 11 is 5.90. The molecule has 0 fully saturated rings. The summed E-state index contributed by atoms with van der Waals surface area (Å²) in [5.41, 5.74) is 6.63. The SMILES string of the molecule is CN(Cc1cccc(Cl)c1)c1ccc(CN)c(F)c1F. The van der Waals surface area contributed by atoms with E-state index in [0.717, 1.165) is 5.56 Å². The van der Waals surface area contributed by atoms with Crippen molar-refractivity contribution in [1.29, 1.82) is 0 Å². The maximum atomic E-state index is 14.0. The fourth-order valence-corrected chi connectivity index (χ4v) is 2.24. The minimum atomic E-state index is -0.886. The fraction of sp³-hybridized carbons (Fsp3) is 0.200. The summed E-state index contributed by atoms with van der Waals surface area (Å²) in [6.45, 7) is 0.403. The van der Waals surface area contributed by atoms with Crippen molar-refractivity contribution in [3.05, 3.63) is 64.2 Å². The molecule has 5 heteroatoms. The van der Waals surface area contributed by atoms with Gasteiger partial charge in [0.1, 0.15) is 0 Å². The molecule has 2 aromatic carbocycles. The highest BCUT2D eigenvalue weighted by molar-refractivity contribution is 6.30. The first kappa shape index (κ1) is 14.8. The van der Waals surface area contributed by atoms with Gasteiger partial charge in [-0.2, -0.15) is 0 Å². The molecule has 0 aliphatic carbocycles. The zero-order valence-electron chi connectivity index (χ0n) is 11.0. The largest absolute Gasteiger partial charge is 0.368 e. The third kappa shape index (κ3) is 3.08. The number of rotatable bonds is 4. The Morgan fingerprint density at radius 1 is 1.15 bits per heavy atom. The van der Waals surface area contributed by atoms with Crippen LogP contribution in [0.15, 0.2) is 36.4 Å². The van der Waals surface area contributed by atoms with Crippen LogP contribution < -0.4 is 10.6 Å². The molecule has 2 aromatic rings. The third-order valence-electron chi connectivity index (χ3n) is 3.08. The first-order chi connectivity index (χ1) is 9.52. The Morgan fingerprint density at radius 3 is 2.55 bits per heavy atom. The summed E-state index contributed by atoms with van der Waals surface area (Å²) in [5, 5.41) is 0.612. The highest BCUT2D eigenvalue weighted by Crippen LogP contribution is 2.25. The monoisotopic (exact) mass is 296 g/mol. The molecule has 106 valence electrons. The molecule has 0 amide bonds. The Hall–Kier alpha value is -1.65. The van der Waals surface area contributed by atoms with Crippen molar-refractivity contribution in [2.45, 2.75) is 13.1 Å². The molecule has 0 saturated heterocycles. The van der Waals surface area contributed by atoms with E-state index in [2.05, 4.69) is 0 Å². The predicted octanol–water partition coefficient (Wildman–Crippen LogP) is 3.71. The predicted molar refractivity (Wildman–Crippen MR) is 77.8 cm³/mol. The van der Waals surface area contributed by atoms with Gasteiger partial charge in [-0.3, -0.25) is 0 Å². The molecule has 0 bridgehead atoms. The molecule has 0 aromatic heterocycles. The van der Waals surface area contributed by atoms with Gasteiger partial charge in [-0.15, -0.1) is 0 Å². The van der Waals surface area contributed by atoms with Crippen LogP contribution in [0.4, 0.5) is 14.5 Å². The van der Waals surface area contributed by atoms with Crippen LogP contribution in [0, 0.1) is 11.6 Å². The molecule has 2 nitrogen and oxygen atoms in total. The van der Waals surface area contributed by atoms with E-state index in [9.17, 15) is 8.78 Å². The molecule has 2 N–H and O–H groups in total. The van der Waals surface area contributed by atoms with Crippen LogP contribution in [0.2, 0.25) is 5.02 Å². The molecule has 0 radical (unpaired) electrons. The summed E-state index contributed by atoms with van der Waals surface area (Å²) in [4.78, 5) is 1.63. The number of hydrogen-bond donors (Lipinski definition) is 1. The highest BCUT2D eigenvalue weighted by Gasteiger charge is 2.15. The van der Waals surface area contributed by atoms with Crippen LogP contribution in [0.3, 0.4) is 0 Å². The number of hydrogen-bond acceptors (Lipinski definition) is 2. The van der Waals surface area contributed by atoms with Gasteiger partial charge in [-0.1, -0.05) is 29.8 Å². The van der Waals surface area contributed by atoms with Crippen molar-refractivity contribution in [3.63, 3.8) is 0 Å². The number of halogens is 3. The van der Waals surface area contributed by atoms with Gasteiger partial charge in [0.05, 0.1) is 5.69 Å². The highest BCUT2D eigenvalue weighted by atomic mass is 35.5. The van der Waals surface area contributed by atoms with E-state index < -0.39 is 11.6 Å². The van der Waals surface area contributed by atoms with Crippen molar-refractivity contribution >= 4 is 17.3 Å². The summed E-state index contributed by atoms with van der Waals surface area (Å²) in [5.74, 6) is -1.76. The first-order valence-corrected chi connectivity index (χ1v) is 6.53. The number of nitrogens with two attached hydrogens (primary N) is 1. The van der Waals surface area contributed by atoms with E-state index >= 15 is 0 Å². The third-order valence-corrected chi connectivity index (χ3v) is 3.32. The number of nitrogens with zero attached hydrogens (tertiary/aromatic N) is 1. The summed E-state index contributed by atoms with van der Waals surface area (Å²) in [6, 6.07) is 10.3. The quantitative estimate of drug-likeness (QED) is 0.932. The van der Waals surface area contributed by atoms with Crippen LogP contribution in [-0.2, 0) is 13.1 Å². The van der Waals surface area contributed by atoms with Crippen molar-refractivity contribution in [1.82, 2.24) is 0 Å². The number of benzene rings is 2. The molecule has 0 aliphatic heterocycles. The van der Waals surface area contributed by atoms with Crippen molar-refractivity contribution in [2.24, 2.45) is 5.73 Å². The number of anilines is 1. The van der Waals surface area contributed by atoms with E-state index in [0.29, 0.717) is 11.6 Å². The zero-order valence-corrected chi connectivity index (χ0v) is 11.8. The second kappa shape index (κ2) is 6.20. The van der Waals surface area contributed by atoms with Gasteiger partial charge in [0.2, 0.25) is 0 Å². The van der Waals surface area contributed by atoms with Crippen LogP contribution in [0.5, 0.6) is 0 Å². The molecule has 0 spiro atoms. The lowest BCUT2D eigenvalue weighted by Crippen LogP contribution is -2.19. The van der Waals surface area contributed by atoms with Gasteiger partial charge in [-0.05, 0) is 23.8 Å². The molecule has 0 atom stereocenters. The maximum Gasteiger partial charge on any atom is 0.182 e. The van der Waals surface area contributed by atoms with Gasteiger partial charge in [0, 0.05) is 30.7 Å². The Balaban J connectivity index is 2.25. The van der Waals surface area contributed by atoms with Crippen molar-refractivity contribution in [3.8, 4) is 0 Å². The lowest BCUT2D eigenvalue weighted by Gasteiger charge is -2.21. The lowest BCUT2D eigenvalue weighted by molar-refractivity contribution is 0.498. The standard InChI is InChI=1S/C15H15ClF2N2/c1-20(9-10-3-2-4-12(16)7-10)13-6-5-11(8-19)14(17)15(13)18/h2-7H,8-9,19H2,1H3. The molecule has 20 heavy (non-hydrogen) atoms. The van der Waals surface area contributed by atoms with E-state index in [4.69, 9.17) is 17.3 Å². The van der Waals surface area contributed by atoms with E-state index in [-0.39, 0.29) is 17.8 Å². The molecule has 0 heterocycles. The van der Waals surface area contributed by atoms with Gasteiger partial charge < -0.3 is 10.6 Å². The smallest absolute Gasteiger partial charge is 0.182 e. The Morgan fingerprint density at radius 2 is 1.90 bits per heavy atom. The van der Waals surface area contributed by atoms with Crippen LogP contribution in [0.1, 0.15) is 11.1 Å². The van der Waals surface area contributed by atoms with Gasteiger partial charge in [-0.25, -0.2) is 8.78 Å². The van der Waals surface area contributed by atoms with Crippen LogP contribution >= 0.6 is 11.6 Å². The van der Waals surface area contributed by atoms with Crippen molar-refractivity contribution in [2.75, 3.05) is 11.9 Å². The lowest BCUT2D eigenvalue weighted by atomic mass is 10.1. The molecule has 0 saturated carbocycles. The molecule has 0 aliphatic rings. The van der Waals surface area contributed by atoms with Crippen molar-refractivity contribution < 1.29 is 8.78 Å². The zero-order chi connectivity index (χ0) is 14.7. The average molecular weight is 297 g/mol. The molecular weight excluding hydrogens is 282 g/mol. The van der Waals surface area contributed by atoms with E-state index in [1.807, 2.05) is 12.1 Å². The fourth-order valence-electron chi connectivity index (χ4n) is 2.03. The minimum Gasteiger partial charge on any atom is -0.368 e. The molecule has 2 rings (SSSR count). The van der Waals surface area contributed by atoms with Gasteiger partial charge in [0.15, 0.2) is 11.6 Å². The van der Waals surface area contributed by atoms with Crippen LogP contribution in [-0.4, -0.2) is 7.05 Å². The summed E-state index contributed by atoms with van der Waals surface area (Å²) < 4.78 is 27.7. The van der Waals surface area contributed by atoms with Gasteiger partial charge in [0.25, 0.3) is 0 Å². The molecule has 0 unspecified atom stereocenters. The van der Waals surface area contributed by atoms with E-state index in [1.165, 1.54) is 12.1 Å². The Labute approximate surface area is 121 Å². The Bertz CT molecular complexity index is 617. The topological polar surface area (TPSA) is 29.3 Å². The second-order valence-corrected chi connectivity index (χ2v) is 5.00.